The van der Waals surface area contributed by atoms with Gasteiger partial charge in [-0.15, -0.1) is 0 Å². The Labute approximate surface area is 734 Å². The average molecular weight is 1670 g/mol. The van der Waals surface area contributed by atoms with Gasteiger partial charge in [-0.3, -0.25) is 0 Å². The standard InChI is InChI=1S/C98H184N22/c1-31-37-52-115(71-58-87(7,8)109-88(9,10)59-71)81-100-78(101-82(106-81)116(53-38-32-2)72-60-89(11,12)110-90(13,14)61-72)51-45-43-44-48-70(79-102-83(117(54-39-33-3)73-62-91(15,16)111-92(17,18)63-73)107-84(103-79)118(55-40-34-4)74-64-93(19,20)112-94(21,22)65-74)49-46-47-50-77(99)80-104-85(119(56-41-35-5)75-66-95(23,24)113-96(25,26)67-75)108-86(105-80)120(57-42-36-6)76-68-97(27,28)114-98(29,30)69-76/h70-77,109-114H,31-69,99H2,1-30H3. The summed E-state index contributed by atoms with van der Waals surface area (Å²) >= 11 is 0. The molecule has 6 saturated heterocycles. The van der Waals surface area contributed by atoms with Crippen molar-refractivity contribution < 1.29 is 0 Å². The zero-order chi connectivity index (χ0) is 88.5. The fourth-order valence-corrected chi connectivity index (χ4v) is 24.1. The van der Waals surface area contributed by atoms with Gasteiger partial charge in [0, 0.05) is 154 Å². The van der Waals surface area contributed by atoms with Crippen LogP contribution >= 0.6 is 0 Å². The van der Waals surface area contributed by atoms with Gasteiger partial charge in [0.25, 0.3) is 0 Å². The molecule has 6 aliphatic rings. The largest absolute Gasteiger partial charge is 0.338 e. The van der Waals surface area contributed by atoms with E-state index in [0.717, 1.165) is 298 Å². The molecule has 0 aromatic carbocycles. The highest BCUT2D eigenvalue weighted by atomic mass is 15.4. The number of aryl methyl sites for hydroxylation is 1. The highest BCUT2D eigenvalue weighted by molar-refractivity contribution is 5.46. The maximum atomic E-state index is 7.78. The Morgan fingerprint density at radius 2 is 0.442 bits per heavy atom. The highest BCUT2D eigenvalue weighted by Crippen LogP contribution is 2.43. The van der Waals surface area contributed by atoms with Crippen LogP contribution in [0.3, 0.4) is 0 Å². The fourth-order valence-electron chi connectivity index (χ4n) is 24.1. The third-order valence-electron chi connectivity index (χ3n) is 27.1. The Balaban J connectivity index is 1.13. The molecular formula is C98H184N22. The first-order chi connectivity index (χ1) is 55.8. The molecule has 9 rings (SSSR count). The third-order valence-corrected chi connectivity index (χ3v) is 27.1. The first kappa shape index (κ1) is 99.3. The number of piperidine rings is 6. The molecule has 22 nitrogen and oxygen atoms in total. The van der Waals surface area contributed by atoms with Gasteiger partial charge in [0.05, 0.1) is 6.04 Å². The van der Waals surface area contributed by atoms with Crippen molar-refractivity contribution in [3.8, 4) is 0 Å². The maximum absolute atomic E-state index is 7.78. The van der Waals surface area contributed by atoms with E-state index < -0.39 is 6.04 Å². The van der Waals surface area contributed by atoms with E-state index in [4.69, 9.17) is 50.6 Å². The minimum atomic E-state index is -0.399. The van der Waals surface area contributed by atoms with E-state index >= 15 is 0 Å². The lowest BCUT2D eigenvalue weighted by Crippen LogP contribution is -2.63. The molecular weight excluding hydrogens is 1490 g/mol. The minimum absolute atomic E-state index is 0.0438. The van der Waals surface area contributed by atoms with Crippen LogP contribution in [0.1, 0.15) is 443 Å². The smallest absolute Gasteiger partial charge is 0.230 e. The quantitative estimate of drug-likeness (QED) is 0.0261. The minimum Gasteiger partial charge on any atom is -0.338 e. The van der Waals surface area contributed by atoms with E-state index in [9.17, 15) is 0 Å². The molecule has 3 aromatic heterocycles. The molecule has 0 spiro atoms. The Bertz CT molecular complexity index is 3350. The van der Waals surface area contributed by atoms with Crippen LogP contribution in [0.4, 0.5) is 35.7 Å². The summed E-state index contributed by atoms with van der Waals surface area (Å²) in [5, 5.41) is 24.1. The number of nitrogens with one attached hydrogen (secondary N) is 6. The van der Waals surface area contributed by atoms with Crippen molar-refractivity contribution in [1.82, 2.24) is 76.8 Å². The summed E-state index contributed by atoms with van der Waals surface area (Å²) < 4.78 is 0. The predicted octanol–water partition coefficient (Wildman–Crippen LogP) is 19.9. The van der Waals surface area contributed by atoms with Crippen LogP contribution in [0.25, 0.3) is 0 Å². The normalized spacial score (nSPS) is 23.1. The molecule has 2 unspecified atom stereocenters. The van der Waals surface area contributed by atoms with E-state index in [-0.39, 0.29) is 109 Å². The molecule has 0 saturated carbocycles. The number of hydrogen-bond donors (Lipinski definition) is 7. The molecule has 3 aromatic rings. The maximum Gasteiger partial charge on any atom is 0.230 e. The number of unbranched alkanes of at least 4 members (excludes halogenated alkanes) is 9. The first-order valence-corrected chi connectivity index (χ1v) is 49.2. The van der Waals surface area contributed by atoms with E-state index in [1.165, 1.54) is 0 Å². The number of rotatable bonds is 43. The summed E-state index contributed by atoms with van der Waals surface area (Å²) in [5.41, 5.74) is 7.02. The van der Waals surface area contributed by atoms with Crippen molar-refractivity contribution >= 4 is 35.7 Å². The van der Waals surface area contributed by atoms with Crippen molar-refractivity contribution in [3.05, 3.63) is 17.5 Å². The lowest BCUT2D eigenvalue weighted by Gasteiger charge is -2.50. The number of aromatic nitrogens is 9. The second kappa shape index (κ2) is 40.7. The Kier molecular flexibility index (Phi) is 33.7. The monoisotopic (exact) mass is 1670 g/mol. The van der Waals surface area contributed by atoms with E-state index in [1.807, 2.05) is 0 Å². The van der Waals surface area contributed by atoms with Gasteiger partial charge in [-0.1, -0.05) is 106 Å². The molecule has 8 N–H and O–H groups in total. The van der Waals surface area contributed by atoms with Crippen molar-refractivity contribution in [2.45, 2.75) is 534 Å². The Hall–Kier alpha value is -4.45. The topological polar surface area (TPSA) is 234 Å². The predicted molar refractivity (Wildman–Crippen MR) is 509 cm³/mol. The van der Waals surface area contributed by atoms with E-state index in [0.29, 0.717) is 5.82 Å². The van der Waals surface area contributed by atoms with Crippen molar-refractivity contribution in [3.63, 3.8) is 0 Å². The second-order valence-electron chi connectivity index (χ2n) is 47.1. The van der Waals surface area contributed by atoms with Crippen LogP contribution in [-0.4, -0.2) is 187 Å². The van der Waals surface area contributed by atoms with Crippen molar-refractivity contribution in [2.75, 3.05) is 68.7 Å². The summed E-state index contributed by atoms with van der Waals surface area (Å²) in [6.07, 6.45) is 33.2. The molecule has 0 amide bonds. The van der Waals surface area contributed by atoms with Gasteiger partial charge >= 0.3 is 0 Å². The van der Waals surface area contributed by atoms with E-state index in [2.05, 4.69) is 269 Å². The fraction of sp³-hybridized carbons (Fsp3) is 0.908. The molecule has 2 atom stereocenters. The average Bonchev–Trinajstić information content (AvgIpc) is 0.797. The number of hydrogen-bond acceptors (Lipinski definition) is 22. The molecule has 686 valence electrons. The van der Waals surface area contributed by atoms with Gasteiger partial charge in [-0.2, -0.15) is 44.9 Å². The molecule has 6 fully saturated rings. The van der Waals surface area contributed by atoms with Crippen LogP contribution in [0.15, 0.2) is 0 Å². The van der Waals surface area contributed by atoms with Gasteiger partial charge in [-0.05, 0) is 307 Å². The van der Waals surface area contributed by atoms with Crippen LogP contribution in [0.5, 0.6) is 0 Å². The number of nitrogens with zero attached hydrogens (tertiary/aromatic N) is 15. The van der Waals surface area contributed by atoms with Crippen LogP contribution in [-0.2, 0) is 6.42 Å². The Morgan fingerprint density at radius 1 is 0.250 bits per heavy atom. The first-order valence-electron chi connectivity index (χ1n) is 49.2. The lowest BCUT2D eigenvalue weighted by atomic mass is 9.79. The summed E-state index contributed by atoms with van der Waals surface area (Å²) in [7, 11) is 0. The molecule has 0 aliphatic carbocycles. The molecule has 0 bridgehead atoms. The molecule has 120 heavy (non-hydrogen) atoms. The summed E-state index contributed by atoms with van der Waals surface area (Å²) in [6, 6.07) is 1.12. The van der Waals surface area contributed by atoms with Crippen LogP contribution in [0, 0.1) is 0 Å². The zero-order valence-electron chi connectivity index (χ0n) is 83.0. The molecule has 9 heterocycles. The Morgan fingerprint density at radius 3 is 0.658 bits per heavy atom. The van der Waals surface area contributed by atoms with Crippen molar-refractivity contribution in [1.29, 1.82) is 0 Å². The van der Waals surface area contributed by atoms with Gasteiger partial charge in [0.2, 0.25) is 35.7 Å². The van der Waals surface area contributed by atoms with Crippen LogP contribution in [0.2, 0.25) is 0 Å². The highest BCUT2D eigenvalue weighted by Gasteiger charge is 2.49. The molecule has 6 aliphatic heterocycles. The summed E-state index contributed by atoms with van der Waals surface area (Å²) in [6.45, 7) is 76.5. The molecule has 0 radical (unpaired) electrons. The van der Waals surface area contributed by atoms with Crippen LogP contribution < -0.4 is 67.0 Å². The molecule has 22 heteroatoms. The third kappa shape index (κ3) is 29.0. The van der Waals surface area contributed by atoms with Gasteiger partial charge in [0.1, 0.15) is 11.6 Å². The number of anilines is 6. The zero-order valence-corrected chi connectivity index (χ0v) is 83.0. The summed E-state index contributed by atoms with van der Waals surface area (Å²) in [4.78, 5) is 67.6. The van der Waals surface area contributed by atoms with E-state index in [1.54, 1.807) is 0 Å². The second-order valence-corrected chi connectivity index (χ2v) is 47.1. The number of nitrogens with two attached hydrogens (primary N) is 1. The van der Waals surface area contributed by atoms with Gasteiger partial charge < -0.3 is 67.0 Å². The van der Waals surface area contributed by atoms with Gasteiger partial charge in [-0.25, -0.2) is 0 Å². The van der Waals surface area contributed by atoms with Gasteiger partial charge in [0.15, 0.2) is 5.82 Å². The lowest BCUT2D eigenvalue weighted by molar-refractivity contribution is 0.156. The summed E-state index contributed by atoms with van der Waals surface area (Å²) in [5.74, 6) is 7.65. The SMILES string of the molecule is CCCCN(c1nc(CCCCCC(CCCCC(N)c2nc(N(CCCC)C3CC(C)(C)NC(C)(C)C3)nc(N(CCCC)C3CC(C)(C)NC(C)(C)C3)n2)c2nc(N(CCCC)C3CC(C)(C)NC(C)(C)C3)nc(N(CCCC)C3CC(C)(C)NC(C)(C)C3)n2)nc(N(CCCC)C2CC(C)(C)NC(C)(C)C2)n1)C1CC(C)(C)NC(C)(C)C1. The van der Waals surface area contributed by atoms with Crippen molar-refractivity contribution in [2.24, 2.45) is 5.73 Å².